The molecule has 106 valence electrons. The monoisotopic (exact) mass is 271 g/mol. The van der Waals surface area contributed by atoms with E-state index in [9.17, 15) is 4.79 Å². The Morgan fingerprint density at radius 1 is 1.40 bits per heavy atom. The fourth-order valence-electron chi connectivity index (χ4n) is 2.72. The van der Waals surface area contributed by atoms with Gasteiger partial charge in [-0.25, -0.2) is 0 Å². The third kappa shape index (κ3) is 2.33. The van der Waals surface area contributed by atoms with E-state index in [1.165, 1.54) is 24.8 Å². The van der Waals surface area contributed by atoms with E-state index in [0.29, 0.717) is 11.7 Å². The summed E-state index contributed by atoms with van der Waals surface area (Å²) >= 11 is 0. The van der Waals surface area contributed by atoms with Crippen LogP contribution >= 0.6 is 0 Å². The molecule has 3 heteroatoms. The van der Waals surface area contributed by atoms with Crippen LogP contribution in [0.1, 0.15) is 47.9 Å². The average molecular weight is 271 g/mol. The zero-order valence-electron chi connectivity index (χ0n) is 12.2. The number of hydrogen-bond donors (Lipinski definition) is 1. The Hall–Kier alpha value is -1.77. The molecule has 0 radical (unpaired) electrons. The molecule has 0 saturated heterocycles. The van der Waals surface area contributed by atoms with Gasteiger partial charge in [0.05, 0.1) is 0 Å². The Morgan fingerprint density at radius 3 is 2.85 bits per heavy atom. The molecule has 1 saturated carbocycles. The molecule has 1 heterocycles. The van der Waals surface area contributed by atoms with Crippen molar-refractivity contribution >= 4 is 16.9 Å². The Labute approximate surface area is 119 Å². The molecule has 0 aliphatic heterocycles. The topological polar surface area (TPSA) is 42.2 Å². The molecule has 2 aromatic rings. The molecular weight excluding hydrogens is 250 g/mol. The van der Waals surface area contributed by atoms with Crippen LogP contribution in [-0.2, 0) is 6.42 Å². The van der Waals surface area contributed by atoms with E-state index >= 15 is 0 Å². The Balaban J connectivity index is 1.83. The number of nitrogens with one attached hydrogen (secondary N) is 1. The summed E-state index contributed by atoms with van der Waals surface area (Å²) in [6.45, 7) is 4.86. The van der Waals surface area contributed by atoms with Gasteiger partial charge < -0.3 is 9.73 Å². The minimum Gasteiger partial charge on any atom is -0.451 e. The van der Waals surface area contributed by atoms with E-state index in [2.05, 4.69) is 24.4 Å². The Morgan fingerprint density at radius 2 is 2.20 bits per heavy atom. The van der Waals surface area contributed by atoms with Crippen LogP contribution < -0.4 is 5.32 Å². The van der Waals surface area contributed by atoms with Gasteiger partial charge in [0, 0.05) is 17.5 Å². The van der Waals surface area contributed by atoms with E-state index < -0.39 is 0 Å². The van der Waals surface area contributed by atoms with Crippen molar-refractivity contribution in [2.45, 2.75) is 39.5 Å². The summed E-state index contributed by atoms with van der Waals surface area (Å²) in [4.78, 5) is 12.2. The molecule has 3 nitrogen and oxygen atoms in total. The molecule has 1 N–H and O–H groups in total. The van der Waals surface area contributed by atoms with Gasteiger partial charge in [0.25, 0.3) is 5.91 Å². The van der Waals surface area contributed by atoms with Crippen molar-refractivity contribution < 1.29 is 9.21 Å². The maximum Gasteiger partial charge on any atom is 0.287 e. The third-order valence-corrected chi connectivity index (χ3v) is 4.39. The van der Waals surface area contributed by atoms with Crippen molar-refractivity contribution in [1.82, 2.24) is 5.32 Å². The molecule has 0 atom stereocenters. The highest BCUT2D eigenvalue weighted by Crippen LogP contribution is 2.28. The highest BCUT2D eigenvalue weighted by atomic mass is 16.3. The van der Waals surface area contributed by atoms with Gasteiger partial charge in [0.15, 0.2) is 5.76 Å². The van der Waals surface area contributed by atoms with Crippen LogP contribution in [-0.4, -0.2) is 12.5 Å². The van der Waals surface area contributed by atoms with E-state index in [0.717, 1.165) is 29.5 Å². The molecule has 20 heavy (non-hydrogen) atoms. The second-order valence-corrected chi connectivity index (χ2v) is 5.75. The molecule has 1 aliphatic carbocycles. The van der Waals surface area contributed by atoms with Gasteiger partial charge in [-0.1, -0.05) is 19.4 Å². The summed E-state index contributed by atoms with van der Waals surface area (Å²) in [6.07, 6.45) is 4.76. The van der Waals surface area contributed by atoms with E-state index in [1.54, 1.807) is 0 Å². The number of aryl methyl sites for hydroxylation is 2. The molecule has 1 fully saturated rings. The van der Waals surface area contributed by atoms with Crippen molar-refractivity contribution in [1.29, 1.82) is 0 Å². The lowest BCUT2D eigenvalue weighted by Crippen LogP contribution is -2.32. The molecule has 1 aliphatic rings. The lowest BCUT2D eigenvalue weighted by molar-refractivity contribution is 0.0912. The highest BCUT2D eigenvalue weighted by molar-refractivity contribution is 5.99. The largest absolute Gasteiger partial charge is 0.451 e. The molecular formula is C17H21NO2. The summed E-state index contributed by atoms with van der Waals surface area (Å²) in [7, 11) is 0. The second kappa shape index (κ2) is 5.31. The van der Waals surface area contributed by atoms with Crippen molar-refractivity contribution in [3.8, 4) is 0 Å². The van der Waals surface area contributed by atoms with Crippen molar-refractivity contribution in [2.24, 2.45) is 5.92 Å². The highest BCUT2D eigenvalue weighted by Gasteiger charge is 2.21. The standard InChI is InChI=1S/C17H21NO2/c1-3-12-7-8-15-14(9-12)11(2)16(20-15)17(19)18-10-13-5-4-6-13/h7-9,13H,3-6,10H2,1-2H3,(H,18,19). The molecule has 0 spiro atoms. The first-order valence-electron chi connectivity index (χ1n) is 7.49. The summed E-state index contributed by atoms with van der Waals surface area (Å²) < 4.78 is 5.73. The predicted molar refractivity (Wildman–Crippen MR) is 80.0 cm³/mol. The normalized spacial score (nSPS) is 15.3. The predicted octanol–water partition coefficient (Wildman–Crippen LogP) is 3.83. The zero-order chi connectivity index (χ0) is 14.1. The van der Waals surface area contributed by atoms with Crippen LogP contribution in [0.15, 0.2) is 22.6 Å². The van der Waals surface area contributed by atoms with Crippen LogP contribution in [0.4, 0.5) is 0 Å². The summed E-state index contributed by atoms with van der Waals surface area (Å²) in [6, 6.07) is 6.14. The van der Waals surface area contributed by atoms with Gasteiger partial charge in [-0.3, -0.25) is 4.79 Å². The molecule has 1 aromatic heterocycles. The molecule has 3 rings (SSSR count). The lowest BCUT2D eigenvalue weighted by Gasteiger charge is -2.25. The average Bonchev–Trinajstić information content (AvgIpc) is 2.74. The number of amides is 1. The Bertz CT molecular complexity index is 638. The number of rotatable bonds is 4. The van der Waals surface area contributed by atoms with Crippen molar-refractivity contribution in [3.05, 3.63) is 35.1 Å². The quantitative estimate of drug-likeness (QED) is 0.918. The maximum atomic E-state index is 12.2. The smallest absolute Gasteiger partial charge is 0.287 e. The van der Waals surface area contributed by atoms with Crippen LogP contribution in [0, 0.1) is 12.8 Å². The molecule has 0 bridgehead atoms. The van der Waals surface area contributed by atoms with Gasteiger partial charge in [-0.05, 0) is 49.8 Å². The number of carbonyl (C=O) groups excluding carboxylic acids is 1. The van der Waals surface area contributed by atoms with Gasteiger partial charge in [0.2, 0.25) is 0 Å². The van der Waals surface area contributed by atoms with Gasteiger partial charge >= 0.3 is 0 Å². The van der Waals surface area contributed by atoms with Crippen molar-refractivity contribution in [3.63, 3.8) is 0 Å². The lowest BCUT2D eigenvalue weighted by atomic mass is 9.85. The molecule has 0 unspecified atom stereocenters. The van der Waals surface area contributed by atoms with Gasteiger partial charge in [-0.15, -0.1) is 0 Å². The summed E-state index contributed by atoms with van der Waals surface area (Å²) in [5, 5.41) is 4.05. The number of carbonyl (C=O) groups is 1. The summed E-state index contributed by atoms with van der Waals surface area (Å²) in [5.74, 6) is 1.05. The zero-order valence-corrected chi connectivity index (χ0v) is 12.2. The minimum atomic E-state index is -0.0800. The first-order chi connectivity index (χ1) is 9.69. The fraction of sp³-hybridized carbons (Fsp3) is 0.471. The van der Waals surface area contributed by atoms with E-state index in [4.69, 9.17) is 4.42 Å². The summed E-state index contributed by atoms with van der Waals surface area (Å²) in [5.41, 5.74) is 3.01. The SMILES string of the molecule is CCc1ccc2oc(C(=O)NCC3CCC3)c(C)c2c1. The number of benzene rings is 1. The molecule has 1 amide bonds. The number of fused-ring (bicyclic) bond motifs is 1. The van der Waals surface area contributed by atoms with E-state index in [1.807, 2.05) is 13.0 Å². The first kappa shape index (κ1) is 13.2. The van der Waals surface area contributed by atoms with Gasteiger partial charge in [-0.2, -0.15) is 0 Å². The fourth-order valence-corrected chi connectivity index (χ4v) is 2.72. The second-order valence-electron chi connectivity index (χ2n) is 5.75. The van der Waals surface area contributed by atoms with Crippen LogP contribution in [0.3, 0.4) is 0 Å². The first-order valence-corrected chi connectivity index (χ1v) is 7.49. The maximum absolute atomic E-state index is 12.2. The minimum absolute atomic E-state index is 0.0800. The van der Waals surface area contributed by atoms with Crippen LogP contribution in [0.5, 0.6) is 0 Å². The van der Waals surface area contributed by atoms with Gasteiger partial charge in [0.1, 0.15) is 5.58 Å². The van der Waals surface area contributed by atoms with E-state index in [-0.39, 0.29) is 5.91 Å². The van der Waals surface area contributed by atoms with Crippen LogP contribution in [0.2, 0.25) is 0 Å². The third-order valence-electron chi connectivity index (χ3n) is 4.39. The number of furan rings is 1. The van der Waals surface area contributed by atoms with Crippen LogP contribution in [0.25, 0.3) is 11.0 Å². The van der Waals surface area contributed by atoms with Crippen molar-refractivity contribution in [2.75, 3.05) is 6.54 Å². The number of hydrogen-bond acceptors (Lipinski definition) is 2. The Kier molecular flexibility index (Phi) is 3.51. The molecule has 1 aromatic carbocycles.